The summed E-state index contributed by atoms with van der Waals surface area (Å²) in [6, 6.07) is 0. The van der Waals surface area contributed by atoms with Crippen LogP contribution < -0.4 is 0 Å². The molecule has 0 aromatic heterocycles. The van der Waals surface area contributed by atoms with Crippen LogP contribution in [0.4, 0.5) is 0 Å². The summed E-state index contributed by atoms with van der Waals surface area (Å²) in [6.45, 7) is 2.08. The van der Waals surface area contributed by atoms with Gasteiger partial charge in [0.05, 0.1) is 25.9 Å². The van der Waals surface area contributed by atoms with Gasteiger partial charge in [-0.05, 0) is 77.0 Å². The molecule has 0 amide bonds. The van der Waals surface area contributed by atoms with Crippen LogP contribution in [-0.2, 0) is 32.7 Å². The van der Waals surface area contributed by atoms with Crippen molar-refractivity contribution in [2.24, 2.45) is 0 Å². The first-order chi connectivity index (χ1) is 27.1. The summed E-state index contributed by atoms with van der Waals surface area (Å²) in [4.78, 5) is 34.9. The number of unbranched alkanes of at least 4 members (excludes halogenated alkanes) is 12. The van der Waals surface area contributed by atoms with Gasteiger partial charge in [-0.25, -0.2) is 4.57 Å². The highest BCUT2D eigenvalue weighted by Crippen LogP contribution is 2.43. The molecular formula is C44H77O11P. The number of hydrogen-bond acceptors (Lipinski definition) is 10. The van der Waals surface area contributed by atoms with E-state index < -0.39 is 51.8 Å². The van der Waals surface area contributed by atoms with Gasteiger partial charge in [0.15, 0.2) is 6.10 Å². The fraction of sp³-hybridized carbons (Fsp3) is 0.727. The quantitative estimate of drug-likeness (QED) is 0.0202. The van der Waals surface area contributed by atoms with Crippen molar-refractivity contribution in [2.45, 2.75) is 180 Å². The van der Waals surface area contributed by atoms with Crippen molar-refractivity contribution in [3.63, 3.8) is 0 Å². The molecule has 4 N–H and O–H groups in total. The fourth-order valence-electron chi connectivity index (χ4n) is 5.41. The van der Waals surface area contributed by atoms with Gasteiger partial charge >= 0.3 is 19.8 Å². The Hall–Kier alpha value is -2.37. The molecule has 2 unspecified atom stereocenters. The summed E-state index contributed by atoms with van der Waals surface area (Å²) in [7, 11) is -4.64. The number of esters is 2. The van der Waals surface area contributed by atoms with Gasteiger partial charge in [0.1, 0.15) is 12.7 Å². The molecule has 0 aliphatic carbocycles. The van der Waals surface area contributed by atoms with Crippen molar-refractivity contribution in [1.29, 1.82) is 0 Å². The molecule has 4 atom stereocenters. The van der Waals surface area contributed by atoms with Crippen molar-refractivity contribution < 1.29 is 52.9 Å². The maximum Gasteiger partial charge on any atom is 0.472 e. The van der Waals surface area contributed by atoms with Crippen LogP contribution >= 0.6 is 7.82 Å². The summed E-state index contributed by atoms with van der Waals surface area (Å²) < 4.78 is 32.6. The zero-order chi connectivity index (χ0) is 41.4. The third-order valence-electron chi connectivity index (χ3n) is 8.70. The topological polar surface area (TPSA) is 169 Å². The van der Waals surface area contributed by atoms with Gasteiger partial charge < -0.3 is 29.7 Å². The fourth-order valence-corrected chi connectivity index (χ4v) is 6.20. The Labute approximate surface area is 338 Å². The monoisotopic (exact) mass is 813 g/mol. The highest BCUT2D eigenvalue weighted by molar-refractivity contribution is 7.47. The lowest BCUT2D eigenvalue weighted by Crippen LogP contribution is -2.29. The summed E-state index contributed by atoms with van der Waals surface area (Å²) >= 11 is 0. The van der Waals surface area contributed by atoms with Crippen LogP contribution in [0, 0.1) is 0 Å². The van der Waals surface area contributed by atoms with Crippen LogP contribution in [0.2, 0.25) is 0 Å². The minimum Gasteiger partial charge on any atom is -0.462 e. The maximum absolute atomic E-state index is 12.6. The van der Waals surface area contributed by atoms with Crippen LogP contribution in [0.15, 0.2) is 60.8 Å². The number of carbonyl (C=O) groups excluding carboxylic acids is 2. The molecule has 56 heavy (non-hydrogen) atoms. The van der Waals surface area contributed by atoms with Crippen molar-refractivity contribution in [3.8, 4) is 0 Å². The van der Waals surface area contributed by atoms with E-state index in [0.29, 0.717) is 25.7 Å². The average Bonchev–Trinajstić information content (AvgIpc) is 3.18. The Morgan fingerprint density at radius 1 is 0.571 bits per heavy atom. The molecule has 324 valence electrons. The van der Waals surface area contributed by atoms with E-state index in [1.807, 2.05) is 18.2 Å². The SMILES string of the molecule is CCCCCCCC/C=C\CCCCCCCC(=O)O[C@H](COC(=O)CCC/C=C\C/C=C\C/C=C\C/C=C\CC(O)CCC)COP(=O)(O)OC[C@@H](O)CO. The van der Waals surface area contributed by atoms with E-state index in [-0.39, 0.29) is 25.6 Å². The van der Waals surface area contributed by atoms with E-state index in [2.05, 4.69) is 60.9 Å². The third-order valence-corrected chi connectivity index (χ3v) is 9.65. The number of phosphoric acid groups is 1. The van der Waals surface area contributed by atoms with Crippen molar-refractivity contribution in [3.05, 3.63) is 60.8 Å². The number of aliphatic hydroxyl groups excluding tert-OH is 3. The Morgan fingerprint density at radius 3 is 1.68 bits per heavy atom. The molecular weight excluding hydrogens is 735 g/mol. The van der Waals surface area contributed by atoms with Gasteiger partial charge in [-0.2, -0.15) is 0 Å². The zero-order valence-electron chi connectivity index (χ0n) is 34.7. The lowest BCUT2D eigenvalue weighted by molar-refractivity contribution is -0.161. The van der Waals surface area contributed by atoms with Crippen LogP contribution in [0.1, 0.15) is 162 Å². The number of carbonyl (C=O) groups is 2. The summed E-state index contributed by atoms with van der Waals surface area (Å²) in [5.74, 6) is -1.02. The Kier molecular flexibility index (Phi) is 37.8. The van der Waals surface area contributed by atoms with Gasteiger partial charge in [0.25, 0.3) is 0 Å². The van der Waals surface area contributed by atoms with Gasteiger partial charge in [0, 0.05) is 12.8 Å². The standard InChI is InChI=1S/C44H77O11P/c1-3-5-6-7-8-9-10-11-12-15-19-22-25-28-31-35-44(49)55-42(39-54-56(50,51)53-37-41(47)36-45)38-52-43(48)34-30-27-24-21-18-16-13-14-17-20-23-26-29-33-40(46)32-4-2/h11-13,16-17,20-21,24,26,29,40-42,45-47H,3-10,14-15,18-19,22-23,25,27-28,30-39H2,1-2H3,(H,50,51)/b12-11-,16-13-,20-17-,24-21-,29-26-/t40?,41-,42+/m0/s1. The molecule has 0 rings (SSSR count). The lowest BCUT2D eigenvalue weighted by atomic mass is 10.1. The highest BCUT2D eigenvalue weighted by Gasteiger charge is 2.27. The molecule has 0 aromatic carbocycles. The first-order valence-corrected chi connectivity index (χ1v) is 22.8. The molecule has 0 fully saturated rings. The molecule has 0 saturated carbocycles. The molecule has 11 nitrogen and oxygen atoms in total. The predicted octanol–water partition coefficient (Wildman–Crippen LogP) is 10.1. The first kappa shape index (κ1) is 53.6. The van der Waals surface area contributed by atoms with Crippen LogP contribution in [0.5, 0.6) is 0 Å². The second kappa shape index (κ2) is 39.5. The average molecular weight is 813 g/mol. The number of allylic oxidation sites excluding steroid dienone is 9. The number of aliphatic hydroxyl groups is 3. The third kappa shape index (κ3) is 38.5. The van der Waals surface area contributed by atoms with Crippen LogP contribution in [-0.4, -0.2) is 76.9 Å². The zero-order valence-corrected chi connectivity index (χ0v) is 35.6. The normalized spacial score (nSPS) is 15.0. The van der Waals surface area contributed by atoms with E-state index in [4.69, 9.17) is 19.1 Å². The maximum atomic E-state index is 12.6. The molecule has 0 saturated heterocycles. The molecule has 0 heterocycles. The van der Waals surface area contributed by atoms with Gasteiger partial charge in [-0.3, -0.25) is 18.6 Å². The molecule has 0 radical (unpaired) electrons. The second-order valence-electron chi connectivity index (χ2n) is 14.2. The number of rotatable bonds is 39. The van der Waals surface area contributed by atoms with E-state index in [1.54, 1.807) is 0 Å². The van der Waals surface area contributed by atoms with E-state index in [0.717, 1.165) is 70.6 Å². The molecule has 0 aliphatic heterocycles. The molecule has 0 aliphatic rings. The van der Waals surface area contributed by atoms with Crippen LogP contribution in [0.25, 0.3) is 0 Å². The largest absolute Gasteiger partial charge is 0.472 e. The molecule has 12 heteroatoms. The number of ether oxygens (including phenoxy) is 2. The van der Waals surface area contributed by atoms with Crippen molar-refractivity contribution >= 4 is 19.8 Å². The summed E-state index contributed by atoms with van der Waals surface area (Å²) in [5, 5.41) is 28.0. The predicted molar refractivity (Wildman–Crippen MR) is 225 cm³/mol. The van der Waals surface area contributed by atoms with Gasteiger partial charge in [0.2, 0.25) is 0 Å². The van der Waals surface area contributed by atoms with Crippen molar-refractivity contribution in [2.75, 3.05) is 26.4 Å². The van der Waals surface area contributed by atoms with Crippen molar-refractivity contribution in [1.82, 2.24) is 0 Å². The summed E-state index contributed by atoms with van der Waals surface area (Å²) in [6.07, 6.45) is 39.7. The number of phosphoric ester groups is 1. The molecule has 0 aromatic rings. The Balaban J connectivity index is 4.44. The molecule has 0 spiro atoms. The van der Waals surface area contributed by atoms with E-state index in [9.17, 15) is 29.3 Å². The van der Waals surface area contributed by atoms with Gasteiger partial charge in [-0.1, -0.05) is 132 Å². The second-order valence-corrected chi connectivity index (χ2v) is 15.6. The van der Waals surface area contributed by atoms with Crippen LogP contribution in [0.3, 0.4) is 0 Å². The summed E-state index contributed by atoms with van der Waals surface area (Å²) in [5.41, 5.74) is 0. The van der Waals surface area contributed by atoms with E-state index in [1.165, 1.54) is 38.5 Å². The Morgan fingerprint density at radius 2 is 1.07 bits per heavy atom. The molecule has 0 bridgehead atoms. The minimum absolute atomic E-state index is 0.147. The van der Waals surface area contributed by atoms with Gasteiger partial charge in [-0.15, -0.1) is 0 Å². The highest BCUT2D eigenvalue weighted by atomic mass is 31.2. The minimum atomic E-state index is -4.64. The van der Waals surface area contributed by atoms with E-state index >= 15 is 0 Å². The lowest BCUT2D eigenvalue weighted by Gasteiger charge is -2.20. The first-order valence-electron chi connectivity index (χ1n) is 21.3. The number of hydrogen-bond donors (Lipinski definition) is 4. The Bertz CT molecular complexity index is 1130. The smallest absolute Gasteiger partial charge is 0.462 e.